The average molecular weight is 499 g/mol. The molecule has 0 amide bonds. The first-order valence-electron chi connectivity index (χ1n) is 10.4. The van der Waals surface area contributed by atoms with E-state index in [-0.39, 0.29) is 23.2 Å². The number of aromatic nitrogens is 5. The second-order valence-corrected chi connectivity index (χ2v) is 9.19. The van der Waals surface area contributed by atoms with E-state index >= 15 is 0 Å². The van der Waals surface area contributed by atoms with Crippen molar-refractivity contribution in [2.24, 2.45) is 0 Å². The van der Waals surface area contributed by atoms with Crippen molar-refractivity contribution in [3.63, 3.8) is 0 Å². The molecule has 3 heterocycles. The van der Waals surface area contributed by atoms with E-state index in [1.165, 1.54) is 4.57 Å². The lowest BCUT2D eigenvalue weighted by atomic mass is 10.2. The molecule has 1 aromatic carbocycles. The summed E-state index contributed by atoms with van der Waals surface area (Å²) < 4.78 is 8.59. The number of carbonyl (C=O) groups excluding carboxylic acids is 1. The standard InChI is InChI=1S/C22H19ClN6O4S/c23-13-5-3-12(4-6-13)19-26-27-22(28(19)10-15-2-1-9-33-15)34-11-16(30)17-18(24)29(14-7-8-14)21(32)25-20(17)31/h1-6,9,14H,7-8,10-11,24H2,(H,25,31,32). The quantitative estimate of drug-likeness (QED) is 0.279. The molecule has 3 N–H and O–H groups in total. The van der Waals surface area contributed by atoms with Gasteiger partial charge in [-0.15, -0.1) is 10.2 Å². The fraction of sp³-hybridized carbons (Fsp3) is 0.227. The maximum absolute atomic E-state index is 13.0. The first-order chi connectivity index (χ1) is 16.4. The van der Waals surface area contributed by atoms with Gasteiger partial charge in [-0.3, -0.25) is 23.7 Å². The van der Waals surface area contributed by atoms with Crippen molar-refractivity contribution in [3.05, 3.63) is 79.8 Å². The number of nitrogens with two attached hydrogens (primary N) is 1. The zero-order valence-electron chi connectivity index (χ0n) is 17.7. The van der Waals surface area contributed by atoms with E-state index in [4.69, 9.17) is 21.8 Å². The van der Waals surface area contributed by atoms with Gasteiger partial charge in [-0.2, -0.15) is 0 Å². The normalized spacial score (nSPS) is 13.3. The van der Waals surface area contributed by atoms with Gasteiger partial charge in [-0.05, 0) is 49.2 Å². The van der Waals surface area contributed by atoms with Gasteiger partial charge in [0.2, 0.25) is 0 Å². The van der Waals surface area contributed by atoms with Crippen molar-refractivity contribution in [2.45, 2.75) is 30.6 Å². The summed E-state index contributed by atoms with van der Waals surface area (Å²) in [7, 11) is 0. The molecular formula is C22H19ClN6O4S. The van der Waals surface area contributed by atoms with Crippen LogP contribution >= 0.6 is 23.4 Å². The minimum atomic E-state index is -0.788. The topological polar surface area (TPSA) is 142 Å². The molecule has 4 aromatic rings. The minimum Gasteiger partial charge on any atom is -0.467 e. The summed E-state index contributed by atoms with van der Waals surface area (Å²) in [4.78, 5) is 39.7. The van der Waals surface area contributed by atoms with Crippen molar-refractivity contribution in [2.75, 3.05) is 11.5 Å². The van der Waals surface area contributed by atoms with Gasteiger partial charge in [-0.1, -0.05) is 23.4 Å². The Hall–Kier alpha value is -3.57. The van der Waals surface area contributed by atoms with E-state index in [1.807, 2.05) is 22.8 Å². The Morgan fingerprint density at radius 2 is 1.97 bits per heavy atom. The summed E-state index contributed by atoms with van der Waals surface area (Å²) in [6.07, 6.45) is 3.13. The Labute approximate surface area is 201 Å². The molecule has 174 valence electrons. The summed E-state index contributed by atoms with van der Waals surface area (Å²) in [5.74, 6) is 0.537. The molecule has 0 atom stereocenters. The molecule has 1 fully saturated rings. The maximum atomic E-state index is 13.0. The third-order valence-electron chi connectivity index (χ3n) is 5.42. The number of nitrogens with zero attached hydrogens (tertiary/aromatic N) is 4. The van der Waals surface area contributed by atoms with Crippen molar-refractivity contribution in [1.29, 1.82) is 0 Å². The molecule has 3 aromatic heterocycles. The van der Waals surface area contributed by atoms with Crippen LogP contribution in [0.5, 0.6) is 0 Å². The van der Waals surface area contributed by atoms with Gasteiger partial charge in [0.25, 0.3) is 5.56 Å². The van der Waals surface area contributed by atoms with Crippen LogP contribution in [0.3, 0.4) is 0 Å². The molecule has 1 aliphatic rings. The summed E-state index contributed by atoms with van der Waals surface area (Å²) in [6, 6.07) is 10.7. The molecule has 1 saturated carbocycles. The largest absolute Gasteiger partial charge is 0.467 e. The first kappa shape index (κ1) is 22.2. The van der Waals surface area contributed by atoms with E-state index in [2.05, 4.69) is 15.2 Å². The highest BCUT2D eigenvalue weighted by Gasteiger charge is 2.30. The number of halogens is 1. The van der Waals surface area contributed by atoms with Crippen LogP contribution in [0, 0.1) is 0 Å². The second kappa shape index (κ2) is 8.99. The van der Waals surface area contributed by atoms with Gasteiger partial charge in [0.05, 0.1) is 18.6 Å². The van der Waals surface area contributed by atoms with Crippen LogP contribution in [-0.4, -0.2) is 35.9 Å². The number of Topliss-reactive ketones (excluding diaryl/α,β-unsaturated/α-hetero) is 1. The van der Waals surface area contributed by atoms with Crippen molar-refractivity contribution in [3.8, 4) is 11.4 Å². The van der Waals surface area contributed by atoms with Crippen LogP contribution in [0.15, 0.2) is 61.8 Å². The van der Waals surface area contributed by atoms with Crippen molar-refractivity contribution in [1.82, 2.24) is 24.3 Å². The Balaban J connectivity index is 1.44. The highest BCUT2D eigenvalue weighted by atomic mass is 35.5. The highest BCUT2D eigenvalue weighted by molar-refractivity contribution is 7.99. The number of ketones is 1. The van der Waals surface area contributed by atoms with Gasteiger partial charge in [0.1, 0.15) is 17.1 Å². The number of hydrogen-bond acceptors (Lipinski definition) is 8. The number of H-pyrrole nitrogens is 1. The molecule has 34 heavy (non-hydrogen) atoms. The van der Waals surface area contributed by atoms with Crippen molar-refractivity contribution < 1.29 is 9.21 Å². The van der Waals surface area contributed by atoms with Crippen LogP contribution in [0.4, 0.5) is 5.82 Å². The molecule has 1 aliphatic carbocycles. The smallest absolute Gasteiger partial charge is 0.330 e. The molecule has 0 spiro atoms. The third kappa shape index (κ3) is 4.31. The van der Waals surface area contributed by atoms with Crippen LogP contribution in [0.2, 0.25) is 5.02 Å². The number of hydrogen-bond donors (Lipinski definition) is 2. The predicted molar refractivity (Wildman–Crippen MR) is 127 cm³/mol. The monoisotopic (exact) mass is 498 g/mol. The highest BCUT2D eigenvalue weighted by Crippen LogP contribution is 2.35. The summed E-state index contributed by atoms with van der Waals surface area (Å²) >= 11 is 7.13. The number of carbonyl (C=O) groups is 1. The zero-order chi connectivity index (χ0) is 23.8. The molecule has 10 nitrogen and oxygen atoms in total. The molecule has 12 heteroatoms. The molecule has 0 unspecified atom stereocenters. The van der Waals surface area contributed by atoms with E-state index < -0.39 is 17.0 Å². The lowest BCUT2D eigenvalue weighted by molar-refractivity contribution is 0.102. The Kier molecular flexibility index (Phi) is 5.88. The number of rotatable bonds is 8. The second-order valence-electron chi connectivity index (χ2n) is 7.81. The molecule has 0 bridgehead atoms. The Morgan fingerprint density at radius 1 is 1.21 bits per heavy atom. The van der Waals surface area contributed by atoms with Crippen LogP contribution < -0.4 is 17.0 Å². The molecule has 0 radical (unpaired) electrons. The maximum Gasteiger partial charge on any atom is 0.330 e. The zero-order valence-corrected chi connectivity index (χ0v) is 19.3. The predicted octanol–water partition coefficient (Wildman–Crippen LogP) is 2.98. The number of anilines is 1. The molecule has 0 aliphatic heterocycles. The molecule has 0 saturated heterocycles. The fourth-order valence-corrected chi connectivity index (χ4v) is 4.58. The SMILES string of the molecule is Nc1c(C(=O)CSc2nnc(-c3ccc(Cl)cc3)n2Cc2ccco2)c(=O)[nH]c(=O)n1C1CC1. The van der Waals surface area contributed by atoms with Crippen LogP contribution in [0.25, 0.3) is 11.4 Å². The summed E-state index contributed by atoms with van der Waals surface area (Å²) in [5.41, 5.74) is 5.26. The van der Waals surface area contributed by atoms with Crippen LogP contribution in [-0.2, 0) is 6.54 Å². The van der Waals surface area contributed by atoms with Gasteiger partial charge in [0, 0.05) is 16.6 Å². The molecular weight excluding hydrogens is 480 g/mol. The number of thioether (sulfide) groups is 1. The number of aromatic amines is 1. The lowest BCUT2D eigenvalue weighted by Crippen LogP contribution is -2.36. The third-order valence-corrected chi connectivity index (χ3v) is 6.64. The number of nitrogens with one attached hydrogen (secondary N) is 1. The number of furan rings is 1. The average Bonchev–Trinajstić information content (AvgIpc) is 3.34. The van der Waals surface area contributed by atoms with E-state index in [0.717, 1.165) is 30.2 Å². The minimum absolute atomic E-state index is 0.0816. The van der Waals surface area contributed by atoms with Crippen molar-refractivity contribution >= 4 is 35.0 Å². The summed E-state index contributed by atoms with van der Waals surface area (Å²) in [5, 5.41) is 9.60. The number of benzene rings is 1. The Morgan fingerprint density at radius 3 is 2.65 bits per heavy atom. The van der Waals surface area contributed by atoms with Gasteiger partial charge < -0.3 is 10.2 Å². The van der Waals surface area contributed by atoms with Crippen LogP contribution in [0.1, 0.15) is 35.0 Å². The molecule has 5 rings (SSSR count). The van der Waals surface area contributed by atoms with Gasteiger partial charge in [0.15, 0.2) is 16.8 Å². The van der Waals surface area contributed by atoms with Gasteiger partial charge in [-0.25, -0.2) is 4.79 Å². The lowest BCUT2D eigenvalue weighted by Gasteiger charge is -2.11. The van der Waals surface area contributed by atoms with E-state index in [1.54, 1.807) is 24.5 Å². The van der Waals surface area contributed by atoms with E-state index in [9.17, 15) is 14.4 Å². The first-order valence-corrected chi connectivity index (χ1v) is 11.8. The number of nitrogen functional groups attached to an aromatic ring is 1. The van der Waals surface area contributed by atoms with Gasteiger partial charge >= 0.3 is 5.69 Å². The van der Waals surface area contributed by atoms with E-state index in [0.29, 0.717) is 28.3 Å². The Bertz CT molecular complexity index is 1470. The summed E-state index contributed by atoms with van der Waals surface area (Å²) in [6.45, 7) is 0.337. The fourth-order valence-electron chi connectivity index (χ4n) is 3.64.